The molecule has 2 aliphatic heterocycles. The predicted molar refractivity (Wildman–Crippen MR) is 75.6 cm³/mol. The number of carbonyl (C=O) groups excluding carboxylic acids is 1. The van der Waals surface area contributed by atoms with Gasteiger partial charge in [-0.1, -0.05) is 25.1 Å². The normalized spacial score (nSPS) is 29.9. The summed E-state index contributed by atoms with van der Waals surface area (Å²) in [4.78, 5) is 14.6. The van der Waals surface area contributed by atoms with E-state index < -0.39 is 0 Å². The zero-order chi connectivity index (χ0) is 14.1. The molecule has 0 spiro atoms. The zero-order valence-electron chi connectivity index (χ0n) is 11.8. The number of carbonyl (C=O) groups is 1. The smallest absolute Gasteiger partial charge is 0.227 e. The van der Waals surface area contributed by atoms with E-state index in [0.29, 0.717) is 11.5 Å². The summed E-state index contributed by atoms with van der Waals surface area (Å²) in [7, 11) is 0. The largest absolute Gasteiger partial charge is 0.335 e. The van der Waals surface area contributed by atoms with E-state index in [4.69, 9.17) is 0 Å². The lowest BCUT2D eigenvalue weighted by Crippen LogP contribution is -2.37. The van der Waals surface area contributed by atoms with Gasteiger partial charge in [-0.3, -0.25) is 4.79 Å². The highest BCUT2D eigenvalue weighted by atomic mass is 19.1. The molecule has 2 aliphatic rings. The number of likely N-dealkylation sites (tertiary alicyclic amines) is 1. The summed E-state index contributed by atoms with van der Waals surface area (Å²) < 4.78 is 14.0. The Labute approximate surface area is 119 Å². The van der Waals surface area contributed by atoms with Crippen molar-refractivity contribution in [2.24, 2.45) is 11.8 Å². The molecule has 0 aliphatic carbocycles. The van der Waals surface area contributed by atoms with Crippen LogP contribution in [0.3, 0.4) is 0 Å². The van der Waals surface area contributed by atoms with E-state index in [-0.39, 0.29) is 23.7 Å². The summed E-state index contributed by atoms with van der Waals surface area (Å²) in [6, 6.07) is 6.74. The first-order valence-corrected chi connectivity index (χ1v) is 7.42. The van der Waals surface area contributed by atoms with E-state index in [9.17, 15) is 9.18 Å². The Morgan fingerprint density at radius 2 is 2.20 bits per heavy atom. The molecule has 4 heteroatoms. The van der Waals surface area contributed by atoms with Crippen LogP contribution in [-0.2, 0) is 4.79 Å². The molecule has 0 aromatic heterocycles. The van der Waals surface area contributed by atoms with Crippen LogP contribution in [0.5, 0.6) is 0 Å². The van der Waals surface area contributed by atoms with Gasteiger partial charge in [0.05, 0.1) is 12.0 Å². The number of nitrogens with zero attached hydrogens (tertiary/aromatic N) is 1. The summed E-state index contributed by atoms with van der Waals surface area (Å²) in [5.74, 6) is 0.481. The molecule has 1 aromatic rings. The Morgan fingerprint density at radius 3 is 2.90 bits per heavy atom. The second-order valence-corrected chi connectivity index (χ2v) is 6.06. The first kappa shape index (κ1) is 13.6. The van der Waals surface area contributed by atoms with Gasteiger partial charge < -0.3 is 10.2 Å². The molecule has 3 rings (SSSR count). The van der Waals surface area contributed by atoms with Gasteiger partial charge in [0.15, 0.2) is 0 Å². The standard InChI is InChI=1S/C16H21FN2O/c1-11-8-15(13-4-2-3-5-14(13)17)19(10-11)16(20)12-6-7-18-9-12/h2-5,11-12,15,18H,6-10H2,1H3. The molecule has 0 bridgehead atoms. The average molecular weight is 276 g/mol. The van der Waals surface area contributed by atoms with Crippen molar-refractivity contribution in [3.05, 3.63) is 35.6 Å². The fourth-order valence-corrected chi connectivity index (χ4v) is 3.43. The quantitative estimate of drug-likeness (QED) is 0.899. The second kappa shape index (κ2) is 5.52. The van der Waals surface area contributed by atoms with Crippen molar-refractivity contribution in [3.63, 3.8) is 0 Å². The monoisotopic (exact) mass is 276 g/mol. The molecule has 1 amide bonds. The van der Waals surface area contributed by atoms with Gasteiger partial charge in [0, 0.05) is 18.7 Å². The van der Waals surface area contributed by atoms with Gasteiger partial charge in [0.2, 0.25) is 5.91 Å². The molecule has 108 valence electrons. The number of rotatable bonds is 2. The maximum absolute atomic E-state index is 14.0. The lowest BCUT2D eigenvalue weighted by Gasteiger charge is -2.27. The third-order valence-corrected chi connectivity index (χ3v) is 4.47. The van der Waals surface area contributed by atoms with Gasteiger partial charge in [-0.05, 0) is 31.4 Å². The second-order valence-electron chi connectivity index (χ2n) is 6.06. The number of hydrogen-bond donors (Lipinski definition) is 1. The van der Waals surface area contributed by atoms with Gasteiger partial charge in [-0.25, -0.2) is 4.39 Å². The Hall–Kier alpha value is -1.42. The highest BCUT2D eigenvalue weighted by molar-refractivity contribution is 5.80. The third kappa shape index (κ3) is 2.44. The summed E-state index contributed by atoms with van der Waals surface area (Å²) in [5, 5.41) is 3.23. The van der Waals surface area contributed by atoms with E-state index >= 15 is 0 Å². The van der Waals surface area contributed by atoms with Gasteiger partial charge in [0.25, 0.3) is 0 Å². The summed E-state index contributed by atoms with van der Waals surface area (Å²) in [6.07, 6.45) is 1.75. The third-order valence-electron chi connectivity index (χ3n) is 4.47. The number of halogens is 1. The van der Waals surface area contributed by atoms with Gasteiger partial charge >= 0.3 is 0 Å². The Balaban J connectivity index is 1.85. The molecule has 20 heavy (non-hydrogen) atoms. The predicted octanol–water partition coefficient (Wildman–Crippen LogP) is 2.34. The Bertz CT molecular complexity index is 499. The van der Waals surface area contributed by atoms with Crippen LogP contribution in [0.15, 0.2) is 24.3 Å². The molecule has 2 saturated heterocycles. The van der Waals surface area contributed by atoms with Crippen LogP contribution in [0.1, 0.15) is 31.4 Å². The topological polar surface area (TPSA) is 32.3 Å². The highest BCUT2D eigenvalue weighted by Crippen LogP contribution is 2.37. The minimum atomic E-state index is -0.200. The minimum absolute atomic E-state index is 0.0644. The SMILES string of the molecule is CC1CC(c2ccccc2F)N(C(=O)C2CCNC2)C1. The summed E-state index contributed by atoms with van der Waals surface area (Å²) >= 11 is 0. The van der Waals surface area contributed by atoms with Crippen LogP contribution >= 0.6 is 0 Å². The van der Waals surface area contributed by atoms with E-state index in [1.54, 1.807) is 6.07 Å². The molecular formula is C16H21FN2O. The molecular weight excluding hydrogens is 255 g/mol. The van der Waals surface area contributed by atoms with Crippen molar-refractivity contribution in [1.82, 2.24) is 10.2 Å². The zero-order valence-corrected chi connectivity index (χ0v) is 11.8. The van der Waals surface area contributed by atoms with Crippen LogP contribution in [0.4, 0.5) is 4.39 Å². The molecule has 3 nitrogen and oxygen atoms in total. The molecule has 1 aromatic carbocycles. The van der Waals surface area contributed by atoms with E-state index in [1.165, 1.54) is 6.07 Å². The van der Waals surface area contributed by atoms with Gasteiger partial charge in [0.1, 0.15) is 5.82 Å². The van der Waals surface area contributed by atoms with Crippen molar-refractivity contribution >= 4 is 5.91 Å². The Kier molecular flexibility index (Phi) is 3.74. The van der Waals surface area contributed by atoms with Crippen LogP contribution in [0.25, 0.3) is 0 Å². The van der Waals surface area contributed by atoms with Crippen molar-refractivity contribution in [2.45, 2.75) is 25.8 Å². The van der Waals surface area contributed by atoms with Crippen molar-refractivity contribution in [2.75, 3.05) is 19.6 Å². The fraction of sp³-hybridized carbons (Fsp3) is 0.562. The molecule has 3 atom stereocenters. The number of amides is 1. The number of hydrogen-bond acceptors (Lipinski definition) is 2. The van der Waals surface area contributed by atoms with Crippen LogP contribution in [0.2, 0.25) is 0 Å². The first-order chi connectivity index (χ1) is 9.66. The average Bonchev–Trinajstić information content (AvgIpc) is 3.08. The van der Waals surface area contributed by atoms with Crippen LogP contribution < -0.4 is 5.32 Å². The molecule has 2 fully saturated rings. The van der Waals surface area contributed by atoms with Gasteiger partial charge in [-0.2, -0.15) is 0 Å². The Morgan fingerprint density at radius 1 is 1.40 bits per heavy atom. The summed E-state index contributed by atoms with van der Waals surface area (Å²) in [6.45, 7) is 4.54. The molecule has 0 saturated carbocycles. The molecule has 2 heterocycles. The maximum Gasteiger partial charge on any atom is 0.227 e. The fourth-order valence-electron chi connectivity index (χ4n) is 3.43. The summed E-state index contributed by atoms with van der Waals surface area (Å²) in [5.41, 5.74) is 0.663. The van der Waals surface area contributed by atoms with Crippen molar-refractivity contribution in [3.8, 4) is 0 Å². The lowest BCUT2D eigenvalue weighted by molar-refractivity contribution is -0.136. The minimum Gasteiger partial charge on any atom is -0.335 e. The molecule has 0 radical (unpaired) electrons. The van der Waals surface area contributed by atoms with E-state index in [1.807, 2.05) is 17.0 Å². The van der Waals surface area contributed by atoms with Crippen LogP contribution in [0, 0.1) is 17.7 Å². The van der Waals surface area contributed by atoms with Crippen LogP contribution in [-0.4, -0.2) is 30.4 Å². The van der Waals surface area contributed by atoms with Crippen molar-refractivity contribution < 1.29 is 9.18 Å². The first-order valence-electron chi connectivity index (χ1n) is 7.42. The highest BCUT2D eigenvalue weighted by Gasteiger charge is 2.38. The maximum atomic E-state index is 14.0. The van der Waals surface area contributed by atoms with E-state index in [2.05, 4.69) is 12.2 Å². The molecule has 3 unspecified atom stereocenters. The molecule has 1 N–H and O–H groups in total. The number of nitrogens with one attached hydrogen (secondary N) is 1. The van der Waals surface area contributed by atoms with E-state index in [0.717, 1.165) is 32.5 Å². The lowest BCUT2D eigenvalue weighted by atomic mass is 9.99. The van der Waals surface area contributed by atoms with Gasteiger partial charge in [-0.15, -0.1) is 0 Å². The van der Waals surface area contributed by atoms with Crippen molar-refractivity contribution in [1.29, 1.82) is 0 Å². The number of benzene rings is 1.